The molecule has 1 rings (SSSR count). The normalized spacial score (nSPS) is 11.3. The lowest BCUT2D eigenvalue weighted by Gasteiger charge is -2.23. The fourth-order valence-corrected chi connectivity index (χ4v) is 1.24. The number of carboxylic acids is 1. The summed E-state index contributed by atoms with van der Waals surface area (Å²) in [5, 5.41) is 12.7. The number of aliphatic carboxylic acids is 1. The second kappa shape index (κ2) is 4.88. The summed E-state index contributed by atoms with van der Waals surface area (Å²) in [5.41, 5.74) is 0. The van der Waals surface area contributed by atoms with Gasteiger partial charge in [0.1, 0.15) is 12.2 Å². The van der Waals surface area contributed by atoms with E-state index >= 15 is 0 Å². The number of aromatic nitrogens is 3. The Morgan fingerprint density at radius 3 is 2.73 bits per heavy atom. The van der Waals surface area contributed by atoms with Crippen LogP contribution in [0.15, 0.2) is 6.33 Å². The highest BCUT2D eigenvalue weighted by atomic mass is 16.4. The summed E-state index contributed by atoms with van der Waals surface area (Å²) in [6.45, 7) is 4.43. The molecule has 0 saturated carbocycles. The van der Waals surface area contributed by atoms with Gasteiger partial charge in [0.05, 0.1) is 13.1 Å². The minimum atomic E-state index is -0.828. The monoisotopic (exact) mass is 212 g/mol. The summed E-state index contributed by atoms with van der Waals surface area (Å²) in [7, 11) is 1.79. The van der Waals surface area contributed by atoms with Crippen molar-refractivity contribution in [2.75, 3.05) is 6.54 Å². The first-order chi connectivity index (χ1) is 7.00. The van der Waals surface area contributed by atoms with Crippen molar-refractivity contribution in [2.24, 2.45) is 7.05 Å². The van der Waals surface area contributed by atoms with Gasteiger partial charge in [-0.05, 0) is 13.8 Å². The van der Waals surface area contributed by atoms with Gasteiger partial charge in [0.15, 0.2) is 0 Å². The molecule has 0 fully saturated rings. The van der Waals surface area contributed by atoms with Crippen molar-refractivity contribution in [3.8, 4) is 0 Å². The highest BCUT2D eigenvalue weighted by molar-refractivity contribution is 5.69. The Kier molecular flexibility index (Phi) is 3.79. The van der Waals surface area contributed by atoms with Gasteiger partial charge in [-0.15, -0.1) is 0 Å². The van der Waals surface area contributed by atoms with Gasteiger partial charge in [-0.2, -0.15) is 5.10 Å². The molecule has 6 nitrogen and oxygen atoms in total. The third-order valence-electron chi connectivity index (χ3n) is 2.22. The number of carboxylic acid groups (broad SMARTS) is 1. The van der Waals surface area contributed by atoms with E-state index in [2.05, 4.69) is 10.1 Å². The Morgan fingerprint density at radius 2 is 2.33 bits per heavy atom. The number of hydrogen-bond acceptors (Lipinski definition) is 4. The van der Waals surface area contributed by atoms with Crippen LogP contribution in [0.25, 0.3) is 0 Å². The molecule has 0 aliphatic rings. The molecule has 0 radical (unpaired) electrons. The second-order valence-corrected chi connectivity index (χ2v) is 3.69. The van der Waals surface area contributed by atoms with Gasteiger partial charge in [0.25, 0.3) is 0 Å². The summed E-state index contributed by atoms with van der Waals surface area (Å²) < 4.78 is 1.65. The molecule has 1 aromatic rings. The highest BCUT2D eigenvalue weighted by Gasteiger charge is 2.15. The third-order valence-corrected chi connectivity index (χ3v) is 2.22. The Hall–Kier alpha value is -1.43. The zero-order valence-corrected chi connectivity index (χ0v) is 9.21. The molecule has 1 heterocycles. The molecule has 1 N–H and O–H groups in total. The fourth-order valence-electron chi connectivity index (χ4n) is 1.24. The second-order valence-electron chi connectivity index (χ2n) is 3.69. The Labute approximate surface area is 88.5 Å². The smallest absolute Gasteiger partial charge is 0.317 e. The van der Waals surface area contributed by atoms with Crippen molar-refractivity contribution >= 4 is 5.97 Å². The largest absolute Gasteiger partial charge is 0.480 e. The number of aryl methyl sites for hydroxylation is 1. The van der Waals surface area contributed by atoms with Crippen LogP contribution in [-0.2, 0) is 18.4 Å². The van der Waals surface area contributed by atoms with Crippen molar-refractivity contribution in [3.63, 3.8) is 0 Å². The standard InChI is InChI=1S/C9H16N4O2/c1-7(2)13(5-9(14)15)4-8-10-6-11-12(8)3/h6-7H,4-5H2,1-3H3,(H,14,15). The summed E-state index contributed by atoms with van der Waals surface area (Å²) in [6.07, 6.45) is 1.47. The molecular formula is C9H16N4O2. The molecule has 84 valence electrons. The minimum Gasteiger partial charge on any atom is -0.480 e. The molecule has 0 atom stereocenters. The summed E-state index contributed by atoms with van der Waals surface area (Å²) in [6, 6.07) is 0.165. The summed E-state index contributed by atoms with van der Waals surface area (Å²) in [5.74, 6) is -0.0594. The van der Waals surface area contributed by atoms with E-state index in [0.29, 0.717) is 6.54 Å². The van der Waals surface area contributed by atoms with Gasteiger partial charge in [0.2, 0.25) is 0 Å². The molecule has 6 heteroatoms. The SMILES string of the molecule is CC(C)N(CC(=O)O)Cc1ncnn1C. The van der Waals surface area contributed by atoms with Gasteiger partial charge in [-0.3, -0.25) is 14.4 Å². The van der Waals surface area contributed by atoms with E-state index in [9.17, 15) is 4.79 Å². The number of nitrogens with zero attached hydrogens (tertiary/aromatic N) is 4. The van der Waals surface area contributed by atoms with Crippen LogP contribution in [0, 0.1) is 0 Å². The zero-order valence-electron chi connectivity index (χ0n) is 9.21. The highest BCUT2D eigenvalue weighted by Crippen LogP contribution is 2.04. The predicted molar refractivity (Wildman–Crippen MR) is 54.2 cm³/mol. The molecule has 0 aromatic carbocycles. The molecule has 0 aliphatic heterocycles. The van der Waals surface area contributed by atoms with Crippen molar-refractivity contribution < 1.29 is 9.90 Å². The lowest BCUT2D eigenvalue weighted by Crippen LogP contribution is -2.35. The first-order valence-electron chi connectivity index (χ1n) is 4.79. The number of rotatable bonds is 5. The molecule has 0 amide bonds. The van der Waals surface area contributed by atoms with Gasteiger partial charge >= 0.3 is 5.97 Å². The fraction of sp³-hybridized carbons (Fsp3) is 0.667. The number of hydrogen-bond donors (Lipinski definition) is 1. The van der Waals surface area contributed by atoms with Crippen LogP contribution in [0.4, 0.5) is 0 Å². The van der Waals surface area contributed by atoms with Crippen molar-refractivity contribution in [2.45, 2.75) is 26.4 Å². The van der Waals surface area contributed by atoms with Crippen LogP contribution in [0.3, 0.4) is 0 Å². The lowest BCUT2D eigenvalue weighted by atomic mass is 10.3. The van der Waals surface area contributed by atoms with Crippen LogP contribution < -0.4 is 0 Å². The Balaban J connectivity index is 2.67. The molecule has 0 saturated heterocycles. The van der Waals surface area contributed by atoms with Crippen molar-refractivity contribution in [1.29, 1.82) is 0 Å². The van der Waals surface area contributed by atoms with Crippen LogP contribution in [0.2, 0.25) is 0 Å². The minimum absolute atomic E-state index is 0.0184. The molecular weight excluding hydrogens is 196 g/mol. The maximum atomic E-state index is 10.6. The maximum absolute atomic E-state index is 10.6. The van der Waals surface area contributed by atoms with E-state index in [4.69, 9.17) is 5.11 Å². The summed E-state index contributed by atoms with van der Waals surface area (Å²) in [4.78, 5) is 16.5. The maximum Gasteiger partial charge on any atom is 0.317 e. The van der Waals surface area contributed by atoms with E-state index in [1.165, 1.54) is 6.33 Å². The zero-order chi connectivity index (χ0) is 11.4. The number of carbonyl (C=O) groups is 1. The van der Waals surface area contributed by atoms with E-state index in [-0.39, 0.29) is 12.6 Å². The van der Waals surface area contributed by atoms with Gasteiger partial charge in [0, 0.05) is 13.1 Å². The van der Waals surface area contributed by atoms with Gasteiger partial charge < -0.3 is 5.11 Å². The first-order valence-corrected chi connectivity index (χ1v) is 4.79. The quantitative estimate of drug-likeness (QED) is 0.750. The third kappa shape index (κ3) is 3.32. The Morgan fingerprint density at radius 1 is 1.67 bits per heavy atom. The van der Waals surface area contributed by atoms with Crippen LogP contribution >= 0.6 is 0 Å². The van der Waals surface area contributed by atoms with Crippen LogP contribution in [0.1, 0.15) is 19.7 Å². The van der Waals surface area contributed by atoms with E-state index in [0.717, 1.165) is 5.82 Å². The lowest BCUT2D eigenvalue weighted by molar-refractivity contribution is -0.139. The van der Waals surface area contributed by atoms with Crippen molar-refractivity contribution in [3.05, 3.63) is 12.2 Å². The van der Waals surface area contributed by atoms with Crippen LogP contribution in [-0.4, -0.2) is 43.3 Å². The van der Waals surface area contributed by atoms with Gasteiger partial charge in [-0.25, -0.2) is 4.98 Å². The van der Waals surface area contributed by atoms with Crippen molar-refractivity contribution in [1.82, 2.24) is 19.7 Å². The van der Waals surface area contributed by atoms with Crippen LogP contribution in [0.5, 0.6) is 0 Å². The van der Waals surface area contributed by atoms with E-state index < -0.39 is 5.97 Å². The molecule has 0 spiro atoms. The molecule has 15 heavy (non-hydrogen) atoms. The molecule has 0 aliphatic carbocycles. The molecule has 0 unspecified atom stereocenters. The summed E-state index contributed by atoms with van der Waals surface area (Å²) >= 11 is 0. The van der Waals surface area contributed by atoms with E-state index in [1.54, 1.807) is 11.7 Å². The molecule has 0 bridgehead atoms. The average molecular weight is 212 g/mol. The first kappa shape index (κ1) is 11.6. The van der Waals surface area contributed by atoms with Gasteiger partial charge in [-0.1, -0.05) is 0 Å². The predicted octanol–water partition coefficient (Wildman–Crippen LogP) is 0.110. The van der Waals surface area contributed by atoms with E-state index in [1.807, 2.05) is 18.7 Å². The molecule has 1 aromatic heterocycles. The average Bonchev–Trinajstić information content (AvgIpc) is 2.50. The topological polar surface area (TPSA) is 71.2 Å². The Bertz CT molecular complexity index is 335.